The predicted octanol–water partition coefficient (Wildman–Crippen LogP) is 2.82. The molecule has 3 heteroatoms. The summed E-state index contributed by atoms with van der Waals surface area (Å²) in [4.78, 5) is 0. The van der Waals surface area contributed by atoms with E-state index in [0.29, 0.717) is 0 Å². The predicted molar refractivity (Wildman–Crippen MR) is 58.4 cm³/mol. The SMILES string of the molecule is COCCCn1ccc2ccc(F)cc21. The number of methoxy groups -OCH3 is 1. The highest BCUT2D eigenvalue weighted by Gasteiger charge is 2.01. The number of hydrogen-bond donors (Lipinski definition) is 0. The van der Waals surface area contributed by atoms with Crippen LogP contribution in [0.25, 0.3) is 10.9 Å². The first-order valence-corrected chi connectivity index (χ1v) is 5.04. The Morgan fingerprint density at radius 1 is 1.33 bits per heavy atom. The highest BCUT2D eigenvalue weighted by molar-refractivity contribution is 5.80. The molecule has 1 heterocycles. The summed E-state index contributed by atoms with van der Waals surface area (Å²) >= 11 is 0. The molecular formula is C12H14FNO. The van der Waals surface area contributed by atoms with Crippen molar-refractivity contribution < 1.29 is 9.13 Å². The van der Waals surface area contributed by atoms with Crippen molar-refractivity contribution >= 4 is 10.9 Å². The van der Waals surface area contributed by atoms with Crippen LogP contribution < -0.4 is 0 Å². The van der Waals surface area contributed by atoms with Crippen molar-refractivity contribution in [3.05, 3.63) is 36.3 Å². The van der Waals surface area contributed by atoms with Crippen LogP contribution in [0, 0.1) is 5.82 Å². The molecule has 0 spiro atoms. The molecule has 15 heavy (non-hydrogen) atoms. The number of benzene rings is 1. The van der Waals surface area contributed by atoms with Gasteiger partial charge in [0.2, 0.25) is 0 Å². The lowest BCUT2D eigenvalue weighted by Gasteiger charge is -2.04. The molecule has 0 saturated heterocycles. The van der Waals surface area contributed by atoms with Crippen molar-refractivity contribution in [2.45, 2.75) is 13.0 Å². The Hall–Kier alpha value is -1.35. The van der Waals surface area contributed by atoms with Gasteiger partial charge in [-0.05, 0) is 36.1 Å². The molecule has 0 unspecified atom stereocenters. The lowest BCUT2D eigenvalue weighted by Crippen LogP contribution is -1.99. The van der Waals surface area contributed by atoms with E-state index in [9.17, 15) is 4.39 Å². The first-order valence-electron chi connectivity index (χ1n) is 5.04. The van der Waals surface area contributed by atoms with Crippen LogP contribution in [0.15, 0.2) is 30.5 Å². The van der Waals surface area contributed by atoms with E-state index >= 15 is 0 Å². The van der Waals surface area contributed by atoms with Gasteiger partial charge in [0.25, 0.3) is 0 Å². The van der Waals surface area contributed by atoms with Gasteiger partial charge >= 0.3 is 0 Å². The third kappa shape index (κ3) is 2.18. The number of halogens is 1. The fourth-order valence-electron chi connectivity index (χ4n) is 1.73. The van der Waals surface area contributed by atoms with Crippen LogP contribution in [0.4, 0.5) is 4.39 Å². The number of aryl methyl sites for hydroxylation is 1. The molecule has 0 aliphatic rings. The quantitative estimate of drug-likeness (QED) is 0.703. The van der Waals surface area contributed by atoms with Crippen LogP contribution in [0.2, 0.25) is 0 Å². The molecule has 0 N–H and O–H groups in total. The second-order valence-corrected chi connectivity index (χ2v) is 3.56. The summed E-state index contributed by atoms with van der Waals surface area (Å²) < 4.78 is 20.1. The molecule has 0 bridgehead atoms. The summed E-state index contributed by atoms with van der Waals surface area (Å²) in [6.45, 7) is 1.59. The average molecular weight is 207 g/mol. The van der Waals surface area contributed by atoms with Gasteiger partial charge in [0.1, 0.15) is 5.82 Å². The minimum absolute atomic E-state index is 0.186. The lowest BCUT2D eigenvalue weighted by atomic mass is 10.2. The number of aromatic nitrogens is 1. The summed E-state index contributed by atoms with van der Waals surface area (Å²) in [7, 11) is 1.69. The molecule has 2 rings (SSSR count). The molecular weight excluding hydrogens is 193 g/mol. The normalized spacial score (nSPS) is 11.1. The molecule has 1 aromatic heterocycles. The van der Waals surface area contributed by atoms with Crippen molar-refractivity contribution in [1.82, 2.24) is 4.57 Å². The fourth-order valence-corrected chi connectivity index (χ4v) is 1.73. The summed E-state index contributed by atoms with van der Waals surface area (Å²) in [6.07, 6.45) is 2.93. The van der Waals surface area contributed by atoms with E-state index in [0.717, 1.165) is 30.5 Å². The van der Waals surface area contributed by atoms with Crippen molar-refractivity contribution in [2.75, 3.05) is 13.7 Å². The van der Waals surface area contributed by atoms with E-state index in [-0.39, 0.29) is 5.82 Å². The van der Waals surface area contributed by atoms with Gasteiger partial charge in [-0.25, -0.2) is 4.39 Å². The molecule has 0 aliphatic carbocycles. The van der Waals surface area contributed by atoms with E-state index in [1.807, 2.05) is 12.3 Å². The molecule has 0 saturated carbocycles. The highest BCUT2D eigenvalue weighted by Crippen LogP contribution is 2.17. The number of ether oxygens (including phenoxy) is 1. The van der Waals surface area contributed by atoms with Crippen LogP contribution in [-0.4, -0.2) is 18.3 Å². The third-order valence-corrected chi connectivity index (χ3v) is 2.48. The fraction of sp³-hybridized carbons (Fsp3) is 0.333. The number of fused-ring (bicyclic) bond motifs is 1. The topological polar surface area (TPSA) is 14.2 Å². The van der Waals surface area contributed by atoms with E-state index < -0.39 is 0 Å². The largest absolute Gasteiger partial charge is 0.385 e. The third-order valence-electron chi connectivity index (χ3n) is 2.48. The number of hydrogen-bond acceptors (Lipinski definition) is 1. The zero-order chi connectivity index (χ0) is 10.7. The van der Waals surface area contributed by atoms with Gasteiger partial charge in [-0.15, -0.1) is 0 Å². The Kier molecular flexibility index (Phi) is 3.02. The Balaban J connectivity index is 2.23. The average Bonchev–Trinajstić information content (AvgIpc) is 2.62. The van der Waals surface area contributed by atoms with Gasteiger partial charge in [0.15, 0.2) is 0 Å². The maximum atomic E-state index is 13.0. The zero-order valence-electron chi connectivity index (χ0n) is 8.74. The van der Waals surface area contributed by atoms with E-state index in [1.165, 1.54) is 6.07 Å². The molecule has 0 amide bonds. The summed E-state index contributed by atoms with van der Waals surface area (Å²) in [5.41, 5.74) is 0.950. The Morgan fingerprint density at radius 2 is 2.20 bits per heavy atom. The minimum atomic E-state index is -0.186. The lowest BCUT2D eigenvalue weighted by molar-refractivity contribution is 0.190. The molecule has 0 fully saturated rings. The van der Waals surface area contributed by atoms with Crippen LogP contribution in [0.3, 0.4) is 0 Å². The number of rotatable bonds is 4. The van der Waals surface area contributed by atoms with Crippen molar-refractivity contribution in [2.24, 2.45) is 0 Å². The van der Waals surface area contributed by atoms with Gasteiger partial charge in [0.05, 0.1) is 5.52 Å². The molecule has 1 aromatic carbocycles. The zero-order valence-corrected chi connectivity index (χ0v) is 8.74. The number of nitrogens with zero attached hydrogens (tertiary/aromatic N) is 1. The first kappa shape index (κ1) is 10.2. The van der Waals surface area contributed by atoms with Gasteiger partial charge in [-0.1, -0.05) is 0 Å². The van der Waals surface area contributed by atoms with Crippen LogP contribution in [0.1, 0.15) is 6.42 Å². The molecule has 2 nitrogen and oxygen atoms in total. The van der Waals surface area contributed by atoms with Crippen molar-refractivity contribution in [3.8, 4) is 0 Å². The Morgan fingerprint density at radius 3 is 3.00 bits per heavy atom. The molecule has 0 atom stereocenters. The van der Waals surface area contributed by atoms with E-state index in [2.05, 4.69) is 4.57 Å². The first-order chi connectivity index (χ1) is 7.31. The molecule has 0 aliphatic heterocycles. The van der Waals surface area contributed by atoms with Gasteiger partial charge in [0, 0.05) is 26.5 Å². The maximum absolute atomic E-state index is 13.0. The second kappa shape index (κ2) is 4.45. The van der Waals surface area contributed by atoms with E-state index in [4.69, 9.17) is 4.74 Å². The smallest absolute Gasteiger partial charge is 0.125 e. The minimum Gasteiger partial charge on any atom is -0.385 e. The van der Waals surface area contributed by atoms with Crippen molar-refractivity contribution in [3.63, 3.8) is 0 Å². The molecule has 2 aromatic rings. The highest BCUT2D eigenvalue weighted by atomic mass is 19.1. The Bertz CT molecular complexity index is 450. The summed E-state index contributed by atoms with van der Waals surface area (Å²) in [6, 6.07) is 6.86. The van der Waals surface area contributed by atoms with Crippen LogP contribution in [-0.2, 0) is 11.3 Å². The summed E-state index contributed by atoms with van der Waals surface area (Å²) in [5.74, 6) is -0.186. The molecule has 80 valence electrons. The van der Waals surface area contributed by atoms with Crippen LogP contribution >= 0.6 is 0 Å². The van der Waals surface area contributed by atoms with E-state index in [1.54, 1.807) is 19.2 Å². The van der Waals surface area contributed by atoms with Gasteiger partial charge in [-0.2, -0.15) is 0 Å². The monoisotopic (exact) mass is 207 g/mol. The van der Waals surface area contributed by atoms with Crippen molar-refractivity contribution in [1.29, 1.82) is 0 Å². The van der Waals surface area contributed by atoms with Gasteiger partial charge < -0.3 is 9.30 Å². The standard InChI is InChI=1S/C12H14FNO/c1-15-8-2-6-14-7-5-10-3-4-11(13)9-12(10)14/h3-5,7,9H,2,6,8H2,1H3. The summed E-state index contributed by atoms with van der Waals surface area (Å²) in [5, 5.41) is 1.08. The Labute approximate surface area is 88.3 Å². The van der Waals surface area contributed by atoms with Crippen LogP contribution in [0.5, 0.6) is 0 Å². The second-order valence-electron chi connectivity index (χ2n) is 3.56. The van der Waals surface area contributed by atoms with Gasteiger partial charge in [-0.3, -0.25) is 0 Å². The maximum Gasteiger partial charge on any atom is 0.125 e. The molecule has 0 radical (unpaired) electrons.